The van der Waals surface area contributed by atoms with Crippen LogP contribution in [-0.2, 0) is 14.3 Å². The van der Waals surface area contributed by atoms with Crippen LogP contribution >= 0.6 is 0 Å². The molecule has 0 atom stereocenters. The van der Waals surface area contributed by atoms with Crippen LogP contribution < -0.4 is 0 Å². The van der Waals surface area contributed by atoms with Gasteiger partial charge in [0.25, 0.3) is 6.47 Å². The van der Waals surface area contributed by atoms with Gasteiger partial charge in [-0.25, -0.2) is 4.79 Å². The molecule has 0 aliphatic heterocycles. The molecule has 0 aromatic heterocycles. The van der Waals surface area contributed by atoms with Crippen molar-refractivity contribution in [1.29, 1.82) is 0 Å². The molecule has 0 bridgehead atoms. The number of phenolic OH excluding ortho intramolecular Hbond substituents is 2. The molecule has 2 N–H and O–H groups in total. The number of aromatic hydroxyl groups is 2. The molecule has 1 rings (SSSR count). The maximum atomic E-state index is 11.9. The minimum Gasteiger partial charge on any atom is -0.508 e. The minimum absolute atomic E-state index is 0.0805. The van der Waals surface area contributed by atoms with E-state index < -0.39 is 5.97 Å². The van der Waals surface area contributed by atoms with Gasteiger partial charge in [-0.1, -0.05) is 77.0 Å². The first-order chi connectivity index (χ1) is 14.6. The van der Waals surface area contributed by atoms with E-state index in [0.29, 0.717) is 19.7 Å². The molecule has 0 radical (unpaired) electrons. The molecule has 30 heavy (non-hydrogen) atoms. The Morgan fingerprint density at radius 1 is 0.733 bits per heavy atom. The quantitative estimate of drug-likeness (QED) is 0.164. The van der Waals surface area contributed by atoms with Crippen molar-refractivity contribution in [2.24, 2.45) is 0 Å². The lowest BCUT2D eigenvalue weighted by molar-refractivity contribution is -0.128. The first kappa shape index (κ1) is 25.8. The lowest BCUT2D eigenvalue weighted by Crippen LogP contribution is -2.06. The van der Waals surface area contributed by atoms with Gasteiger partial charge in [-0.05, 0) is 25.0 Å². The van der Waals surface area contributed by atoms with Crippen LogP contribution in [0.25, 0.3) is 0 Å². The van der Waals surface area contributed by atoms with Gasteiger partial charge in [-0.15, -0.1) is 0 Å². The van der Waals surface area contributed by atoms with Gasteiger partial charge in [-0.3, -0.25) is 4.79 Å². The Kier molecular flexibility index (Phi) is 15.1. The second kappa shape index (κ2) is 17.6. The molecule has 0 fully saturated rings. The highest BCUT2D eigenvalue weighted by Crippen LogP contribution is 2.23. The second-order valence-corrected chi connectivity index (χ2v) is 7.75. The van der Waals surface area contributed by atoms with Gasteiger partial charge in [0.05, 0.1) is 13.2 Å². The lowest BCUT2D eigenvalue weighted by atomic mass is 10.0. The van der Waals surface area contributed by atoms with Crippen LogP contribution in [0.1, 0.15) is 100 Å². The van der Waals surface area contributed by atoms with Crippen molar-refractivity contribution in [2.45, 2.75) is 89.9 Å². The first-order valence-electron chi connectivity index (χ1n) is 11.4. The number of carbonyl (C=O) groups excluding carboxylic acids is 2. The van der Waals surface area contributed by atoms with E-state index in [1.165, 1.54) is 69.9 Å². The molecule has 170 valence electrons. The summed E-state index contributed by atoms with van der Waals surface area (Å²) in [6.07, 6.45) is 16.6. The Hall–Kier alpha value is -2.24. The van der Waals surface area contributed by atoms with Crippen LogP contribution in [0.4, 0.5) is 0 Å². The predicted molar refractivity (Wildman–Crippen MR) is 117 cm³/mol. The molecule has 0 spiro atoms. The van der Waals surface area contributed by atoms with E-state index >= 15 is 0 Å². The van der Waals surface area contributed by atoms with Gasteiger partial charge < -0.3 is 19.7 Å². The topological polar surface area (TPSA) is 93.1 Å². The Bertz CT molecular complexity index is 587. The number of unbranched alkanes of at least 4 members (excludes halogenated alkanes) is 13. The minimum atomic E-state index is -0.556. The number of rotatable bonds is 19. The number of esters is 1. The monoisotopic (exact) mass is 422 g/mol. The molecular weight excluding hydrogens is 384 g/mol. The zero-order valence-electron chi connectivity index (χ0n) is 18.2. The summed E-state index contributed by atoms with van der Waals surface area (Å²) in [5.41, 5.74) is 0.0805. The van der Waals surface area contributed by atoms with E-state index in [1.54, 1.807) is 0 Å². The van der Waals surface area contributed by atoms with E-state index in [9.17, 15) is 19.8 Å². The summed E-state index contributed by atoms with van der Waals surface area (Å²) in [7, 11) is 0. The van der Waals surface area contributed by atoms with Gasteiger partial charge in [-0.2, -0.15) is 0 Å². The Balaban J connectivity index is 1.82. The Morgan fingerprint density at radius 3 is 1.67 bits per heavy atom. The highest BCUT2D eigenvalue weighted by molar-refractivity contribution is 5.92. The van der Waals surface area contributed by atoms with E-state index in [1.807, 2.05) is 0 Å². The van der Waals surface area contributed by atoms with Crippen molar-refractivity contribution in [3.63, 3.8) is 0 Å². The van der Waals surface area contributed by atoms with Crippen molar-refractivity contribution < 1.29 is 29.3 Å². The Labute approximate surface area is 180 Å². The normalized spacial score (nSPS) is 10.7. The van der Waals surface area contributed by atoms with Gasteiger partial charge in [0, 0.05) is 6.07 Å². The fraction of sp³-hybridized carbons (Fsp3) is 0.667. The maximum Gasteiger partial charge on any atom is 0.341 e. The van der Waals surface area contributed by atoms with Gasteiger partial charge in [0.1, 0.15) is 17.1 Å². The molecule has 0 aliphatic carbocycles. The molecule has 0 unspecified atom stereocenters. The Morgan fingerprint density at radius 2 is 1.20 bits per heavy atom. The van der Waals surface area contributed by atoms with Crippen LogP contribution in [-0.4, -0.2) is 35.9 Å². The van der Waals surface area contributed by atoms with Crippen molar-refractivity contribution >= 4 is 12.4 Å². The van der Waals surface area contributed by atoms with Gasteiger partial charge in [0.15, 0.2) is 0 Å². The molecule has 1 aromatic carbocycles. The average Bonchev–Trinajstić information content (AvgIpc) is 2.72. The fourth-order valence-corrected chi connectivity index (χ4v) is 3.39. The van der Waals surface area contributed by atoms with Crippen molar-refractivity contribution in [2.75, 3.05) is 13.2 Å². The number of benzene rings is 1. The summed E-state index contributed by atoms with van der Waals surface area (Å²) in [5, 5.41) is 18.9. The molecule has 0 saturated heterocycles. The van der Waals surface area contributed by atoms with Gasteiger partial charge in [0.2, 0.25) is 0 Å². The number of ether oxygens (including phenoxy) is 2. The molecule has 6 heteroatoms. The summed E-state index contributed by atoms with van der Waals surface area (Å²) in [6, 6.07) is 3.85. The summed E-state index contributed by atoms with van der Waals surface area (Å²) in [6.45, 7) is 1.42. The molecule has 0 saturated carbocycles. The van der Waals surface area contributed by atoms with Crippen LogP contribution in [0, 0.1) is 0 Å². The van der Waals surface area contributed by atoms with Crippen molar-refractivity contribution in [1.82, 2.24) is 0 Å². The third-order valence-electron chi connectivity index (χ3n) is 5.16. The largest absolute Gasteiger partial charge is 0.508 e. The summed E-state index contributed by atoms with van der Waals surface area (Å²) in [4.78, 5) is 21.9. The van der Waals surface area contributed by atoms with E-state index in [2.05, 4.69) is 4.74 Å². The third kappa shape index (κ3) is 13.1. The lowest BCUT2D eigenvalue weighted by Gasteiger charge is -2.07. The maximum absolute atomic E-state index is 11.9. The number of carbonyl (C=O) groups is 2. The standard InChI is InChI=1S/C24H38O6/c25-20-29-17-13-11-9-7-5-3-1-2-4-6-8-10-12-14-18-30-24(28)22-16-15-21(26)19-23(22)27/h15-16,19-20,26-27H,1-14,17-18H2. The molecule has 0 amide bonds. The number of hydrogen-bond acceptors (Lipinski definition) is 6. The smallest absolute Gasteiger partial charge is 0.341 e. The van der Waals surface area contributed by atoms with Crippen molar-refractivity contribution in [3.8, 4) is 11.5 Å². The van der Waals surface area contributed by atoms with Crippen molar-refractivity contribution in [3.05, 3.63) is 23.8 Å². The molecule has 0 heterocycles. The third-order valence-corrected chi connectivity index (χ3v) is 5.16. The van der Waals surface area contributed by atoms with E-state index in [4.69, 9.17) is 4.74 Å². The van der Waals surface area contributed by atoms with E-state index in [0.717, 1.165) is 38.2 Å². The molecule has 6 nitrogen and oxygen atoms in total. The van der Waals surface area contributed by atoms with Crippen LogP contribution in [0.15, 0.2) is 18.2 Å². The average molecular weight is 423 g/mol. The highest BCUT2D eigenvalue weighted by atomic mass is 16.5. The predicted octanol–water partition coefficient (Wildman–Crippen LogP) is 5.89. The summed E-state index contributed by atoms with van der Waals surface area (Å²) < 4.78 is 9.84. The first-order valence-corrected chi connectivity index (χ1v) is 11.4. The molecule has 0 aliphatic rings. The molecule has 1 aromatic rings. The van der Waals surface area contributed by atoms with Crippen LogP contribution in [0.3, 0.4) is 0 Å². The van der Waals surface area contributed by atoms with Gasteiger partial charge >= 0.3 is 5.97 Å². The number of phenols is 2. The number of hydrogen-bond donors (Lipinski definition) is 2. The zero-order valence-corrected chi connectivity index (χ0v) is 18.2. The second-order valence-electron chi connectivity index (χ2n) is 7.75. The highest BCUT2D eigenvalue weighted by Gasteiger charge is 2.12. The molecular formula is C24H38O6. The summed E-state index contributed by atoms with van der Waals surface area (Å²) >= 11 is 0. The van der Waals surface area contributed by atoms with E-state index in [-0.39, 0.29) is 17.1 Å². The zero-order chi connectivity index (χ0) is 21.9. The fourth-order valence-electron chi connectivity index (χ4n) is 3.39. The van der Waals surface area contributed by atoms with Crippen LogP contribution in [0.5, 0.6) is 11.5 Å². The van der Waals surface area contributed by atoms with Crippen LogP contribution in [0.2, 0.25) is 0 Å². The SMILES string of the molecule is O=COCCCCCCCCCCCCCCCCOC(=O)c1ccc(O)cc1O. The summed E-state index contributed by atoms with van der Waals surface area (Å²) in [5.74, 6) is -0.904.